The Morgan fingerprint density at radius 3 is 3.00 bits per heavy atom. The Bertz CT molecular complexity index is 297. The van der Waals surface area contributed by atoms with Gasteiger partial charge >= 0.3 is 0 Å². The summed E-state index contributed by atoms with van der Waals surface area (Å²) >= 11 is 7.17. The third-order valence-corrected chi connectivity index (χ3v) is 2.08. The molecule has 2 nitrogen and oxygen atoms in total. The first-order valence-corrected chi connectivity index (χ1v) is 4.87. The minimum absolute atomic E-state index is 0.00287. The van der Waals surface area contributed by atoms with E-state index < -0.39 is 0 Å². The van der Waals surface area contributed by atoms with Gasteiger partial charge in [-0.25, -0.2) is 0 Å². The van der Waals surface area contributed by atoms with Gasteiger partial charge in [-0.15, -0.1) is 0 Å². The molecule has 0 saturated heterocycles. The van der Waals surface area contributed by atoms with Crippen molar-refractivity contribution in [3.8, 4) is 0 Å². The van der Waals surface area contributed by atoms with Crippen LogP contribution in [0.3, 0.4) is 0 Å². The SMILES string of the molecule is CSCc1c[nH]c(Cl)cc1=O. The number of H-pyrrole nitrogens is 1. The first-order chi connectivity index (χ1) is 5.24. The van der Waals surface area contributed by atoms with Crippen molar-refractivity contribution < 1.29 is 0 Å². The molecule has 0 aliphatic carbocycles. The predicted molar refractivity (Wildman–Crippen MR) is 49.3 cm³/mol. The maximum Gasteiger partial charge on any atom is 0.187 e. The van der Waals surface area contributed by atoms with Crippen LogP contribution in [0.25, 0.3) is 0 Å². The first-order valence-electron chi connectivity index (χ1n) is 3.10. The summed E-state index contributed by atoms with van der Waals surface area (Å²) in [6.45, 7) is 0. The summed E-state index contributed by atoms with van der Waals surface area (Å²) in [5.74, 6) is 0.729. The van der Waals surface area contributed by atoms with Crippen LogP contribution in [-0.4, -0.2) is 11.2 Å². The Kier molecular flexibility index (Phi) is 3.02. The summed E-state index contributed by atoms with van der Waals surface area (Å²) < 4.78 is 0. The fourth-order valence-corrected chi connectivity index (χ4v) is 1.44. The van der Waals surface area contributed by atoms with Gasteiger partial charge in [0.1, 0.15) is 5.15 Å². The summed E-state index contributed by atoms with van der Waals surface area (Å²) in [6, 6.07) is 1.40. The van der Waals surface area contributed by atoms with Crippen molar-refractivity contribution in [3.63, 3.8) is 0 Å². The quantitative estimate of drug-likeness (QED) is 0.721. The maximum atomic E-state index is 11.1. The van der Waals surface area contributed by atoms with Gasteiger partial charge in [-0.3, -0.25) is 4.79 Å². The zero-order valence-corrected chi connectivity index (χ0v) is 7.63. The van der Waals surface area contributed by atoms with Crippen molar-refractivity contribution in [2.24, 2.45) is 0 Å². The van der Waals surface area contributed by atoms with Crippen LogP contribution in [0, 0.1) is 0 Å². The van der Waals surface area contributed by atoms with Crippen LogP contribution in [0.5, 0.6) is 0 Å². The predicted octanol–water partition coefficient (Wildman–Crippen LogP) is 1.89. The number of thioether (sulfide) groups is 1. The molecule has 0 atom stereocenters. The van der Waals surface area contributed by atoms with Gasteiger partial charge < -0.3 is 4.98 Å². The second-order valence-corrected chi connectivity index (χ2v) is 3.38. The Hall–Kier alpha value is -0.410. The molecule has 0 fully saturated rings. The lowest BCUT2D eigenvalue weighted by Crippen LogP contribution is -2.06. The minimum atomic E-state index is 0.00287. The second kappa shape index (κ2) is 3.83. The molecule has 0 saturated carbocycles. The maximum absolute atomic E-state index is 11.1. The average Bonchev–Trinajstić information content (AvgIpc) is 1.95. The molecule has 1 rings (SSSR count). The van der Waals surface area contributed by atoms with Crippen molar-refractivity contribution >= 4 is 23.4 Å². The van der Waals surface area contributed by atoms with Gasteiger partial charge in [0.2, 0.25) is 0 Å². The van der Waals surface area contributed by atoms with E-state index in [1.165, 1.54) is 6.07 Å². The van der Waals surface area contributed by atoms with Crippen molar-refractivity contribution in [2.75, 3.05) is 6.26 Å². The number of pyridine rings is 1. The third-order valence-electron chi connectivity index (χ3n) is 1.26. The van der Waals surface area contributed by atoms with Crippen LogP contribution in [0.2, 0.25) is 5.15 Å². The topological polar surface area (TPSA) is 32.9 Å². The Morgan fingerprint density at radius 2 is 2.45 bits per heavy atom. The number of nitrogens with one attached hydrogen (secondary N) is 1. The van der Waals surface area contributed by atoms with Gasteiger partial charge in [-0.1, -0.05) is 11.6 Å². The summed E-state index contributed by atoms with van der Waals surface area (Å²) in [7, 11) is 0. The van der Waals surface area contributed by atoms with Gasteiger partial charge in [0, 0.05) is 23.6 Å². The summed E-state index contributed by atoms with van der Waals surface area (Å²) in [6.07, 6.45) is 3.61. The van der Waals surface area contributed by atoms with Gasteiger partial charge in [-0.2, -0.15) is 11.8 Å². The molecule has 60 valence electrons. The number of hydrogen-bond acceptors (Lipinski definition) is 2. The molecule has 1 aromatic rings. The monoisotopic (exact) mass is 189 g/mol. The number of halogens is 1. The molecule has 0 radical (unpaired) electrons. The largest absolute Gasteiger partial charge is 0.352 e. The molecule has 0 unspecified atom stereocenters. The lowest BCUT2D eigenvalue weighted by atomic mass is 10.3. The molecule has 0 aliphatic heterocycles. The van der Waals surface area contributed by atoms with Crippen LogP contribution >= 0.6 is 23.4 Å². The molecular formula is C7H8ClNOS. The van der Waals surface area contributed by atoms with Crippen molar-refractivity contribution in [3.05, 3.63) is 33.2 Å². The van der Waals surface area contributed by atoms with Gasteiger partial charge in [-0.05, 0) is 6.26 Å². The standard InChI is InChI=1S/C7H8ClNOS/c1-11-4-5-3-9-7(8)2-6(5)10/h2-3H,4H2,1H3,(H,9,10). The van der Waals surface area contributed by atoms with E-state index in [0.717, 1.165) is 11.3 Å². The molecule has 0 amide bonds. The number of hydrogen-bond donors (Lipinski definition) is 1. The highest BCUT2D eigenvalue weighted by molar-refractivity contribution is 7.97. The van der Waals surface area contributed by atoms with Gasteiger partial charge in [0.25, 0.3) is 0 Å². The van der Waals surface area contributed by atoms with Crippen LogP contribution in [0.4, 0.5) is 0 Å². The minimum Gasteiger partial charge on any atom is -0.352 e. The zero-order valence-electron chi connectivity index (χ0n) is 6.06. The number of aromatic amines is 1. The molecule has 11 heavy (non-hydrogen) atoms. The van der Waals surface area contributed by atoms with E-state index in [4.69, 9.17) is 11.6 Å². The molecule has 0 spiro atoms. The van der Waals surface area contributed by atoms with Crippen LogP contribution in [-0.2, 0) is 5.75 Å². The lowest BCUT2D eigenvalue weighted by molar-refractivity contribution is 1.22. The summed E-state index contributed by atoms with van der Waals surface area (Å²) in [5, 5.41) is 0.389. The summed E-state index contributed by atoms with van der Waals surface area (Å²) in [4.78, 5) is 13.9. The molecule has 1 heterocycles. The molecule has 0 aliphatic rings. The van der Waals surface area contributed by atoms with E-state index >= 15 is 0 Å². The first kappa shape index (κ1) is 8.68. The van der Waals surface area contributed by atoms with E-state index in [-0.39, 0.29) is 5.43 Å². The highest BCUT2D eigenvalue weighted by Gasteiger charge is 1.97. The van der Waals surface area contributed by atoms with E-state index in [1.54, 1.807) is 18.0 Å². The molecule has 4 heteroatoms. The number of rotatable bonds is 2. The van der Waals surface area contributed by atoms with Crippen molar-refractivity contribution in [1.82, 2.24) is 4.98 Å². The summed E-state index contributed by atoms with van der Waals surface area (Å²) in [5.41, 5.74) is 0.769. The average molecular weight is 190 g/mol. The fourth-order valence-electron chi connectivity index (χ4n) is 0.745. The highest BCUT2D eigenvalue weighted by Crippen LogP contribution is 2.05. The van der Waals surface area contributed by atoms with Gasteiger partial charge in [0.15, 0.2) is 5.43 Å². The normalized spacial score (nSPS) is 10.0. The van der Waals surface area contributed by atoms with Gasteiger partial charge in [0.05, 0.1) is 0 Å². The van der Waals surface area contributed by atoms with Crippen LogP contribution in [0.15, 0.2) is 17.1 Å². The van der Waals surface area contributed by atoms with Crippen LogP contribution in [0.1, 0.15) is 5.56 Å². The smallest absolute Gasteiger partial charge is 0.187 e. The van der Waals surface area contributed by atoms with Crippen LogP contribution < -0.4 is 5.43 Å². The molecule has 0 aromatic carbocycles. The van der Waals surface area contributed by atoms with Crippen molar-refractivity contribution in [2.45, 2.75) is 5.75 Å². The van der Waals surface area contributed by atoms with E-state index in [9.17, 15) is 4.79 Å². The third kappa shape index (κ3) is 2.27. The fraction of sp³-hybridized carbons (Fsp3) is 0.286. The van der Waals surface area contributed by atoms with E-state index in [1.807, 2.05) is 6.26 Å². The molecule has 1 aromatic heterocycles. The Morgan fingerprint density at radius 1 is 1.73 bits per heavy atom. The highest BCUT2D eigenvalue weighted by atomic mass is 35.5. The Labute approximate surface area is 74.0 Å². The zero-order chi connectivity index (χ0) is 8.27. The molecule has 0 bridgehead atoms. The van der Waals surface area contributed by atoms with E-state index in [0.29, 0.717) is 5.15 Å². The number of aromatic nitrogens is 1. The molecular weight excluding hydrogens is 182 g/mol. The second-order valence-electron chi connectivity index (χ2n) is 2.10. The lowest BCUT2D eigenvalue weighted by Gasteiger charge is -1.95. The van der Waals surface area contributed by atoms with E-state index in [2.05, 4.69) is 4.98 Å². The molecule has 1 N–H and O–H groups in total. The Balaban J connectivity index is 3.00. The van der Waals surface area contributed by atoms with Crippen molar-refractivity contribution in [1.29, 1.82) is 0 Å².